The first-order chi connectivity index (χ1) is 17.9. The zero-order valence-electron chi connectivity index (χ0n) is 21.3. The molecular formula is C29H33Cl2FN4O. The maximum absolute atomic E-state index is 13.0. The number of fused-ring (bicyclic) bond motifs is 1. The highest BCUT2D eigenvalue weighted by Crippen LogP contribution is 2.28. The third-order valence-electron chi connectivity index (χ3n) is 6.72. The van der Waals surface area contributed by atoms with Gasteiger partial charge < -0.3 is 18.8 Å². The van der Waals surface area contributed by atoms with Crippen molar-refractivity contribution in [2.75, 3.05) is 26.2 Å². The van der Waals surface area contributed by atoms with Crippen LogP contribution in [0.4, 0.5) is 4.39 Å². The normalized spacial score (nSPS) is 11.5. The van der Waals surface area contributed by atoms with E-state index in [0.717, 1.165) is 54.8 Å². The number of aromatic nitrogens is 2. The van der Waals surface area contributed by atoms with Crippen LogP contribution >= 0.6 is 23.2 Å². The Morgan fingerprint density at radius 2 is 1.57 bits per heavy atom. The van der Waals surface area contributed by atoms with Crippen molar-refractivity contribution < 1.29 is 9.13 Å². The summed E-state index contributed by atoms with van der Waals surface area (Å²) in [5.41, 5.74) is 5.25. The van der Waals surface area contributed by atoms with Gasteiger partial charge in [0.1, 0.15) is 12.4 Å². The third kappa shape index (κ3) is 6.38. The van der Waals surface area contributed by atoms with Gasteiger partial charge in [-0.2, -0.15) is 0 Å². The van der Waals surface area contributed by atoms with E-state index in [4.69, 9.17) is 33.3 Å². The number of benzene rings is 3. The molecule has 0 saturated heterocycles. The molecule has 0 fully saturated rings. The molecule has 0 aliphatic carbocycles. The monoisotopic (exact) mass is 542 g/mol. The van der Waals surface area contributed by atoms with Gasteiger partial charge in [0, 0.05) is 24.7 Å². The van der Waals surface area contributed by atoms with Crippen LogP contribution in [-0.2, 0) is 19.8 Å². The fourth-order valence-corrected chi connectivity index (χ4v) is 5.00. The maximum Gasteiger partial charge on any atom is 0.203 e. The van der Waals surface area contributed by atoms with E-state index in [1.807, 2.05) is 28.8 Å². The minimum atomic E-state index is -0.469. The van der Waals surface area contributed by atoms with E-state index in [0.29, 0.717) is 40.1 Å². The van der Waals surface area contributed by atoms with Crippen LogP contribution in [0.5, 0.6) is 5.75 Å². The molecule has 4 aromatic rings. The van der Waals surface area contributed by atoms with E-state index in [9.17, 15) is 4.39 Å². The van der Waals surface area contributed by atoms with Crippen LogP contribution in [0, 0.1) is 5.41 Å². The smallest absolute Gasteiger partial charge is 0.203 e. The van der Waals surface area contributed by atoms with Crippen molar-refractivity contribution in [1.82, 2.24) is 14.0 Å². The molecule has 1 heterocycles. The van der Waals surface area contributed by atoms with Gasteiger partial charge in [0.05, 0.1) is 22.7 Å². The molecule has 0 atom stereocenters. The summed E-state index contributed by atoms with van der Waals surface area (Å²) in [6.07, 6.45) is 0.719. The Morgan fingerprint density at radius 3 is 2.24 bits per heavy atom. The number of nitrogens with zero attached hydrogens (tertiary/aromatic N) is 3. The van der Waals surface area contributed by atoms with Crippen molar-refractivity contribution in [3.05, 3.63) is 81.9 Å². The second-order valence-electron chi connectivity index (χ2n) is 8.96. The maximum atomic E-state index is 13.0. The molecule has 1 aromatic heterocycles. The number of hydrogen-bond donors (Lipinski definition) is 1. The molecule has 3 aromatic carbocycles. The highest BCUT2D eigenvalue weighted by Gasteiger charge is 2.14. The lowest BCUT2D eigenvalue weighted by Crippen LogP contribution is -2.32. The lowest BCUT2D eigenvalue weighted by atomic mass is 10.0. The van der Waals surface area contributed by atoms with Crippen molar-refractivity contribution in [1.29, 1.82) is 5.41 Å². The number of hydrogen-bond acceptors (Lipinski definition) is 3. The summed E-state index contributed by atoms with van der Waals surface area (Å²) in [6.45, 7) is 8.50. The molecule has 0 aliphatic heterocycles. The summed E-state index contributed by atoms with van der Waals surface area (Å²) in [4.78, 5) is 2.36. The average molecular weight is 544 g/mol. The molecule has 0 saturated carbocycles. The molecule has 8 heteroatoms. The van der Waals surface area contributed by atoms with Crippen LogP contribution in [0.25, 0.3) is 22.2 Å². The fraction of sp³-hybridized carbons (Fsp3) is 0.345. The number of imidazole rings is 1. The van der Waals surface area contributed by atoms with Gasteiger partial charge in [0.25, 0.3) is 0 Å². The van der Waals surface area contributed by atoms with Gasteiger partial charge in [-0.1, -0.05) is 67.4 Å². The van der Waals surface area contributed by atoms with Gasteiger partial charge in [-0.3, -0.25) is 5.41 Å². The van der Waals surface area contributed by atoms with Crippen molar-refractivity contribution >= 4 is 34.2 Å². The molecule has 0 aliphatic rings. The van der Waals surface area contributed by atoms with Gasteiger partial charge in [-0.05, 0) is 66.5 Å². The van der Waals surface area contributed by atoms with E-state index in [2.05, 4.69) is 41.5 Å². The molecule has 4 rings (SSSR count). The van der Waals surface area contributed by atoms with Crippen molar-refractivity contribution in [3.63, 3.8) is 0 Å². The molecular weight excluding hydrogens is 510 g/mol. The summed E-state index contributed by atoms with van der Waals surface area (Å²) in [7, 11) is 0. The number of rotatable bonds is 12. The highest BCUT2D eigenvalue weighted by molar-refractivity contribution is 6.35. The fourth-order valence-electron chi connectivity index (χ4n) is 4.54. The van der Waals surface area contributed by atoms with Crippen molar-refractivity contribution in [2.45, 2.75) is 40.0 Å². The number of nitrogens with one attached hydrogen (secondary N) is 1. The SMILES string of the molecule is CCN(CC)CCn1c(=N)n(CCCOc2ccc(Cl)cc2Cl)c2ccc(-c3ccc(CF)cc3)cc21. The Kier molecular flexibility index (Phi) is 9.30. The molecule has 0 bridgehead atoms. The van der Waals surface area contributed by atoms with Gasteiger partial charge in [-0.25, -0.2) is 4.39 Å². The first-order valence-corrected chi connectivity index (χ1v) is 13.4. The van der Waals surface area contributed by atoms with Gasteiger partial charge in [0.2, 0.25) is 5.62 Å². The van der Waals surface area contributed by atoms with Crippen LogP contribution < -0.4 is 10.4 Å². The largest absolute Gasteiger partial charge is 0.492 e. The number of alkyl halides is 1. The number of likely N-dealkylation sites (N-methyl/N-ethyl adjacent to an activating group) is 1. The van der Waals surface area contributed by atoms with Crippen molar-refractivity contribution in [3.8, 4) is 16.9 Å². The molecule has 0 radical (unpaired) electrons. The van der Waals surface area contributed by atoms with Crippen LogP contribution in [0.2, 0.25) is 10.0 Å². The predicted molar refractivity (Wildman–Crippen MR) is 150 cm³/mol. The molecule has 5 nitrogen and oxygen atoms in total. The molecule has 0 amide bonds. The van der Waals surface area contributed by atoms with E-state index in [-0.39, 0.29) is 0 Å². The number of ether oxygens (including phenoxy) is 1. The minimum Gasteiger partial charge on any atom is -0.492 e. The Bertz CT molecular complexity index is 1390. The second-order valence-corrected chi connectivity index (χ2v) is 9.81. The zero-order chi connectivity index (χ0) is 26.4. The van der Waals surface area contributed by atoms with Gasteiger partial charge in [-0.15, -0.1) is 0 Å². The van der Waals surface area contributed by atoms with Crippen LogP contribution in [-0.4, -0.2) is 40.3 Å². The average Bonchev–Trinajstić information content (AvgIpc) is 3.18. The summed E-state index contributed by atoms with van der Waals surface area (Å²) in [5.74, 6) is 0.604. The highest BCUT2D eigenvalue weighted by atomic mass is 35.5. The van der Waals surface area contributed by atoms with E-state index < -0.39 is 6.67 Å². The van der Waals surface area contributed by atoms with Gasteiger partial charge in [0.15, 0.2) is 0 Å². The van der Waals surface area contributed by atoms with E-state index in [1.165, 1.54) is 0 Å². The first kappa shape index (κ1) is 27.2. The number of aryl methyl sites for hydroxylation is 1. The minimum absolute atomic E-state index is 0.469. The predicted octanol–water partition coefficient (Wildman–Crippen LogP) is 7.18. The first-order valence-electron chi connectivity index (χ1n) is 12.7. The molecule has 1 N–H and O–H groups in total. The molecule has 0 spiro atoms. The van der Waals surface area contributed by atoms with E-state index >= 15 is 0 Å². The van der Waals surface area contributed by atoms with Crippen LogP contribution in [0.3, 0.4) is 0 Å². The topological polar surface area (TPSA) is 46.2 Å². The molecule has 37 heavy (non-hydrogen) atoms. The summed E-state index contributed by atoms with van der Waals surface area (Å²) < 4.78 is 23.0. The second kappa shape index (κ2) is 12.6. The third-order valence-corrected chi connectivity index (χ3v) is 7.25. The summed E-state index contributed by atoms with van der Waals surface area (Å²) >= 11 is 12.2. The van der Waals surface area contributed by atoms with Crippen LogP contribution in [0.1, 0.15) is 25.8 Å². The lowest BCUT2D eigenvalue weighted by Gasteiger charge is -2.18. The van der Waals surface area contributed by atoms with Crippen molar-refractivity contribution in [2.24, 2.45) is 0 Å². The Morgan fingerprint density at radius 1 is 0.865 bits per heavy atom. The lowest BCUT2D eigenvalue weighted by molar-refractivity contribution is 0.287. The van der Waals surface area contributed by atoms with Gasteiger partial charge >= 0.3 is 0 Å². The number of halogens is 3. The van der Waals surface area contributed by atoms with E-state index in [1.54, 1.807) is 18.2 Å². The van der Waals surface area contributed by atoms with Crippen LogP contribution in [0.15, 0.2) is 60.7 Å². The summed E-state index contributed by atoms with van der Waals surface area (Å²) in [5, 5.41) is 10.1. The molecule has 0 unspecified atom stereocenters. The Hall–Kier alpha value is -2.80. The summed E-state index contributed by atoms with van der Waals surface area (Å²) in [6, 6.07) is 19.0. The Balaban J connectivity index is 1.60. The zero-order valence-corrected chi connectivity index (χ0v) is 22.8. The Labute approximate surface area is 227 Å². The quantitative estimate of drug-likeness (QED) is 0.193. The molecule has 196 valence electrons. The standard InChI is InChI=1S/C29H33Cl2FN4O/c1-3-34(4-2)15-16-36-27-18-23(22-8-6-21(20-32)7-9-22)10-12-26(27)35(29(36)33)14-5-17-37-28-13-11-24(30)19-25(28)31/h6-13,18-19,33H,3-5,14-17,20H2,1-2H3.